The molecule has 0 bridgehead atoms. The first-order chi connectivity index (χ1) is 15.5. The summed E-state index contributed by atoms with van der Waals surface area (Å²) in [6.45, 7) is 3.13. The fourth-order valence-corrected chi connectivity index (χ4v) is 6.72. The van der Waals surface area contributed by atoms with Gasteiger partial charge in [-0.25, -0.2) is 4.79 Å². The fraction of sp³-hybridized carbons (Fsp3) is 0.880. The lowest BCUT2D eigenvalue weighted by atomic mass is 9.68. The van der Waals surface area contributed by atoms with Crippen molar-refractivity contribution < 1.29 is 18.9 Å². The fourth-order valence-electron chi connectivity index (χ4n) is 6.47. The van der Waals surface area contributed by atoms with Crippen LogP contribution in [0.15, 0.2) is 0 Å². The minimum atomic E-state index is -0.364. The van der Waals surface area contributed by atoms with Crippen molar-refractivity contribution in [1.29, 1.82) is 0 Å². The Bertz CT molecular complexity index is 705. The summed E-state index contributed by atoms with van der Waals surface area (Å²) < 4.78 is 8.76. The Labute approximate surface area is 197 Å². The molecule has 1 aliphatic heterocycles. The summed E-state index contributed by atoms with van der Waals surface area (Å²) >= 11 is 6.10. The summed E-state index contributed by atoms with van der Waals surface area (Å²) in [6, 6.07) is 0.319. The van der Waals surface area contributed by atoms with Crippen molar-refractivity contribution in [2.75, 3.05) is 6.54 Å². The third kappa shape index (κ3) is 6.18. The Morgan fingerprint density at radius 1 is 1.00 bits per heavy atom. The van der Waals surface area contributed by atoms with Crippen LogP contribution >= 0.6 is 11.6 Å². The van der Waals surface area contributed by atoms with E-state index in [1.165, 1.54) is 38.5 Å². The van der Waals surface area contributed by atoms with Gasteiger partial charge in [0, 0.05) is 30.7 Å². The highest BCUT2D eigenvalue weighted by Gasteiger charge is 2.49. The molecule has 2 N–H and O–H groups in total. The molecule has 4 unspecified atom stereocenters. The van der Waals surface area contributed by atoms with E-state index < -0.39 is 0 Å². The van der Waals surface area contributed by atoms with Gasteiger partial charge in [0.25, 0.3) is 0 Å². The lowest BCUT2D eigenvalue weighted by Crippen LogP contribution is -2.45. The lowest BCUT2D eigenvalue weighted by molar-refractivity contribution is -0.565. The second-order valence-electron chi connectivity index (χ2n) is 10.5. The van der Waals surface area contributed by atoms with Crippen LogP contribution in [0.25, 0.3) is 0 Å². The van der Waals surface area contributed by atoms with Crippen LogP contribution in [0.4, 0.5) is 4.79 Å². The number of hydrogen-bond acceptors (Lipinski definition) is 3. The van der Waals surface area contributed by atoms with E-state index in [1.54, 1.807) is 0 Å². The molecular formula is C25H41ClN3O3+. The molecule has 3 saturated carbocycles. The van der Waals surface area contributed by atoms with Gasteiger partial charge in [-0.2, -0.15) is 4.58 Å². The molecule has 0 aromatic rings. The molecule has 3 amide bonds. The monoisotopic (exact) mass is 466 g/mol. The number of ether oxygens (including phenoxy) is 1. The number of nitrogens with zero attached hydrogens (tertiary/aromatic N) is 1. The van der Waals surface area contributed by atoms with Gasteiger partial charge in [0.15, 0.2) is 12.1 Å². The molecule has 1 heterocycles. The maximum Gasteiger partial charge on any atom is 0.333 e. The normalized spacial score (nSPS) is 34.3. The average molecular weight is 467 g/mol. The van der Waals surface area contributed by atoms with Crippen LogP contribution in [0.3, 0.4) is 0 Å². The summed E-state index contributed by atoms with van der Waals surface area (Å²) in [6.07, 6.45) is 15.4. The quantitative estimate of drug-likeness (QED) is 0.324. The Kier molecular flexibility index (Phi) is 8.36. The maximum atomic E-state index is 12.1. The largest absolute Gasteiger partial charge is 0.438 e. The number of amides is 3. The van der Waals surface area contributed by atoms with Crippen LogP contribution in [0.5, 0.6) is 0 Å². The third-order valence-electron chi connectivity index (χ3n) is 8.25. The predicted octanol–water partition coefficient (Wildman–Crippen LogP) is 4.72. The summed E-state index contributed by atoms with van der Waals surface area (Å²) in [7, 11) is 0. The zero-order valence-electron chi connectivity index (χ0n) is 19.6. The van der Waals surface area contributed by atoms with Crippen LogP contribution in [-0.4, -0.2) is 52.5 Å². The molecule has 32 heavy (non-hydrogen) atoms. The van der Waals surface area contributed by atoms with Crippen molar-refractivity contribution in [1.82, 2.24) is 10.6 Å². The van der Waals surface area contributed by atoms with Crippen LogP contribution in [0, 0.1) is 11.8 Å². The molecule has 0 spiro atoms. The molecule has 4 rings (SSSR count). The lowest BCUT2D eigenvalue weighted by Gasteiger charge is -2.38. The molecule has 4 atom stereocenters. The van der Waals surface area contributed by atoms with E-state index in [9.17, 15) is 9.59 Å². The Morgan fingerprint density at radius 2 is 1.72 bits per heavy atom. The van der Waals surface area contributed by atoms with Gasteiger partial charge in [-0.15, -0.1) is 11.6 Å². The van der Waals surface area contributed by atoms with Crippen molar-refractivity contribution in [3.63, 3.8) is 0 Å². The van der Waals surface area contributed by atoms with Crippen molar-refractivity contribution in [2.45, 2.75) is 120 Å². The van der Waals surface area contributed by atoms with Crippen LogP contribution < -0.4 is 10.6 Å². The molecule has 180 valence electrons. The first-order valence-electron chi connectivity index (χ1n) is 13.0. The first kappa shape index (κ1) is 23.8. The molecule has 0 aromatic heterocycles. The molecule has 7 heteroatoms. The van der Waals surface area contributed by atoms with Crippen molar-refractivity contribution in [2.24, 2.45) is 11.8 Å². The highest BCUT2D eigenvalue weighted by molar-refractivity contribution is 6.20. The van der Waals surface area contributed by atoms with Crippen molar-refractivity contribution in [3.8, 4) is 0 Å². The van der Waals surface area contributed by atoms with Crippen LogP contribution in [0.2, 0.25) is 0 Å². The van der Waals surface area contributed by atoms with E-state index in [0.717, 1.165) is 69.2 Å². The molecule has 4 aliphatic rings. The van der Waals surface area contributed by atoms with Gasteiger partial charge < -0.3 is 10.1 Å². The van der Waals surface area contributed by atoms with E-state index in [2.05, 4.69) is 22.1 Å². The number of carbonyl (C=O) groups is 2. The van der Waals surface area contributed by atoms with Crippen LogP contribution in [-0.2, 0) is 9.53 Å². The zero-order valence-corrected chi connectivity index (χ0v) is 20.4. The summed E-state index contributed by atoms with van der Waals surface area (Å²) in [5.41, 5.74) is 0. The van der Waals surface area contributed by atoms with Gasteiger partial charge in [-0.05, 0) is 63.2 Å². The van der Waals surface area contributed by atoms with Gasteiger partial charge in [0.05, 0.1) is 6.92 Å². The summed E-state index contributed by atoms with van der Waals surface area (Å²) in [4.78, 5) is 24.1. The van der Waals surface area contributed by atoms with Gasteiger partial charge >= 0.3 is 11.9 Å². The highest BCUT2D eigenvalue weighted by Crippen LogP contribution is 2.43. The minimum Gasteiger partial charge on any atom is -0.438 e. The van der Waals surface area contributed by atoms with Crippen LogP contribution in [0.1, 0.15) is 96.8 Å². The van der Waals surface area contributed by atoms with E-state index in [4.69, 9.17) is 16.3 Å². The smallest absolute Gasteiger partial charge is 0.333 e. The number of halogens is 1. The number of hydrogen-bond donors (Lipinski definition) is 2. The predicted molar refractivity (Wildman–Crippen MR) is 126 cm³/mol. The van der Waals surface area contributed by atoms with Gasteiger partial charge in [-0.1, -0.05) is 19.3 Å². The first-order valence-corrected chi connectivity index (χ1v) is 13.4. The number of imide groups is 1. The molecule has 0 aromatic carbocycles. The molecular weight excluding hydrogens is 426 g/mol. The van der Waals surface area contributed by atoms with Gasteiger partial charge in [-0.3, -0.25) is 10.1 Å². The molecule has 6 nitrogen and oxygen atoms in total. The Hall–Kier alpha value is -1.30. The van der Waals surface area contributed by atoms with E-state index in [0.29, 0.717) is 18.6 Å². The van der Waals surface area contributed by atoms with Gasteiger partial charge in [0.2, 0.25) is 5.91 Å². The summed E-state index contributed by atoms with van der Waals surface area (Å²) in [5.74, 6) is 2.68. The number of rotatable bonds is 7. The molecule has 3 fully saturated rings. The molecule has 0 radical (unpaired) electrons. The van der Waals surface area contributed by atoms with E-state index in [1.807, 2.05) is 0 Å². The van der Waals surface area contributed by atoms with Gasteiger partial charge in [0.1, 0.15) is 6.54 Å². The van der Waals surface area contributed by atoms with E-state index in [-0.39, 0.29) is 23.4 Å². The molecule has 3 aliphatic carbocycles. The minimum absolute atomic E-state index is 0.132. The zero-order chi connectivity index (χ0) is 22.5. The third-order valence-corrected chi connectivity index (χ3v) is 8.69. The molecule has 0 saturated heterocycles. The Balaban J connectivity index is 1.11. The number of nitrogens with one attached hydrogen (secondary N) is 2. The number of alkyl halides is 1. The number of urea groups is 1. The standard InChI is InChI=1S/C25H40ClN3O3/c1-17-29(22-15-18-7-4-5-8-19(18)16-23(22)32-17)14-6-2-3-9-24(30)28-25(31)27-21-12-10-20(26)11-13-21/h18-23H,2-16H2,1H3,(H-,27,28,30,31)/p+1. The number of unbranched alkanes of at least 4 members (excludes halogenated alkanes) is 2. The second kappa shape index (κ2) is 11.2. The SMILES string of the molecule is CC1=[N+](CCCCCC(=O)NC(=O)NC2CCC(Cl)CC2)C2CC3CCCCC3CC2O1. The summed E-state index contributed by atoms with van der Waals surface area (Å²) in [5, 5.41) is 5.61. The number of carbonyl (C=O) groups excluding carboxylic acids is 2. The highest BCUT2D eigenvalue weighted by atomic mass is 35.5. The second-order valence-corrected chi connectivity index (χ2v) is 11.1. The Morgan fingerprint density at radius 3 is 2.47 bits per heavy atom. The average Bonchev–Trinajstić information content (AvgIpc) is 3.07. The van der Waals surface area contributed by atoms with Crippen molar-refractivity contribution >= 4 is 29.4 Å². The van der Waals surface area contributed by atoms with E-state index >= 15 is 0 Å². The maximum absolute atomic E-state index is 12.1. The van der Waals surface area contributed by atoms with Crippen molar-refractivity contribution in [3.05, 3.63) is 0 Å². The number of fused-ring (bicyclic) bond motifs is 2. The topological polar surface area (TPSA) is 70.4 Å².